The number of rotatable bonds is 14. The zero-order valence-corrected chi connectivity index (χ0v) is 29.1. The van der Waals surface area contributed by atoms with Crippen molar-refractivity contribution >= 4 is 30.9 Å². The highest BCUT2D eigenvalue weighted by molar-refractivity contribution is 7.47. The molecule has 21 nitrogen and oxygen atoms in total. The van der Waals surface area contributed by atoms with Gasteiger partial charge >= 0.3 is 13.5 Å². The van der Waals surface area contributed by atoms with Gasteiger partial charge in [-0.2, -0.15) is 9.97 Å². The Morgan fingerprint density at radius 2 is 1.44 bits per heavy atom. The molecule has 0 bridgehead atoms. The van der Waals surface area contributed by atoms with Crippen LogP contribution >= 0.6 is 7.82 Å². The molecule has 286 valence electrons. The van der Waals surface area contributed by atoms with Crippen LogP contribution in [0.25, 0.3) is 11.2 Å². The molecule has 0 saturated carbocycles. The van der Waals surface area contributed by atoms with Gasteiger partial charge in [0.15, 0.2) is 23.6 Å². The molecule has 0 aliphatic carbocycles. The van der Waals surface area contributed by atoms with Gasteiger partial charge in [-0.15, -0.1) is 0 Å². The first-order chi connectivity index (χ1) is 26.0. The Kier molecular flexibility index (Phi) is 10.9. The molecule has 9 atom stereocenters. The number of imidazole rings is 1. The Labute approximate surface area is 304 Å². The number of aromatic nitrogens is 7. The number of anilines is 2. The molecular formula is C32H36N9O12P. The van der Waals surface area contributed by atoms with Gasteiger partial charge in [-0.3, -0.25) is 28.0 Å². The molecule has 54 heavy (non-hydrogen) atoms. The van der Waals surface area contributed by atoms with Crippen LogP contribution in [0.15, 0.2) is 82.9 Å². The van der Waals surface area contributed by atoms with Gasteiger partial charge in [0.1, 0.15) is 43.0 Å². The molecule has 8 N–H and O–H groups in total. The quantitative estimate of drug-likeness (QED) is 0.0794. The van der Waals surface area contributed by atoms with Gasteiger partial charge in [-0.1, -0.05) is 60.7 Å². The number of aliphatic hydroxyl groups excluding tert-OH is 2. The molecule has 5 heterocycles. The minimum Gasteiger partial charge on any atom is -0.394 e. The second-order valence-electron chi connectivity index (χ2n) is 12.3. The Bertz CT molecular complexity index is 2230. The van der Waals surface area contributed by atoms with E-state index in [9.17, 15) is 29.3 Å². The molecule has 0 amide bonds. The van der Waals surface area contributed by atoms with Crippen LogP contribution in [-0.2, 0) is 45.8 Å². The van der Waals surface area contributed by atoms with Crippen LogP contribution in [0, 0.1) is 0 Å². The smallest absolute Gasteiger partial charge is 0.394 e. The summed E-state index contributed by atoms with van der Waals surface area (Å²) in [6.45, 7) is -1.43. The van der Waals surface area contributed by atoms with Crippen molar-refractivity contribution in [2.45, 2.75) is 62.3 Å². The molecular weight excluding hydrogens is 733 g/mol. The maximum atomic E-state index is 13.6. The van der Waals surface area contributed by atoms with Crippen LogP contribution in [0.3, 0.4) is 0 Å². The normalized spacial score (nSPS) is 26.6. The first-order valence-corrected chi connectivity index (χ1v) is 18.0. The van der Waals surface area contributed by atoms with Crippen LogP contribution in [0.4, 0.5) is 11.9 Å². The summed E-state index contributed by atoms with van der Waals surface area (Å²) in [6.07, 6.45) is -8.11. The Morgan fingerprint density at radius 3 is 2.09 bits per heavy atom. The zero-order valence-electron chi connectivity index (χ0n) is 28.2. The minimum absolute atomic E-state index is 0.0393. The van der Waals surface area contributed by atoms with E-state index in [4.69, 9.17) is 39.5 Å². The van der Waals surface area contributed by atoms with E-state index in [1.165, 1.54) is 10.9 Å². The molecule has 2 aliphatic rings. The van der Waals surface area contributed by atoms with Crippen molar-refractivity contribution in [1.82, 2.24) is 34.1 Å². The monoisotopic (exact) mass is 769 g/mol. The molecule has 0 radical (unpaired) electrons. The van der Waals surface area contributed by atoms with Crippen molar-refractivity contribution in [2.24, 2.45) is 0 Å². The fraction of sp³-hybridized carbons (Fsp3) is 0.375. The van der Waals surface area contributed by atoms with Crippen LogP contribution in [0.1, 0.15) is 23.6 Å². The van der Waals surface area contributed by atoms with Crippen molar-refractivity contribution < 1.29 is 47.7 Å². The lowest BCUT2D eigenvalue weighted by molar-refractivity contribution is -0.0815. The van der Waals surface area contributed by atoms with Gasteiger partial charge < -0.3 is 45.5 Å². The van der Waals surface area contributed by atoms with E-state index >= 15 is 0 Å². The highest BCUT2D eigenvalue weighted by atomic mass is 31.2. The predicted octanol–water partition coefficient (Wildman–Crippen LogP) is -0.243. The Hall–Kier alpha value is -4.93. The lowest BCUT2D eigenvalue weighted by Gasteiger charge is -2.26. The first kappa shape index (κ1) is 37.4. The predicted molar refractivity (Wildman–Crippen MR) is 185 cm³/mol. The van der Waals surface area contributed by atoms with E-state index in [2.05, 4.69) is 24.9 Å². The van der Waals surface area contributed by atoms with Crippen LogP contribution < -0.4 is 22.7 Å². The Balaban J connectivity index is 1.11. The van der Waals surface area contributed by atoms with Crippen LogP contribution in [0.2, 0.25) is 0 Å². The van der Waals surface area contributed by atoms with Crippen molar-refractivity contribution in [1.29, 1.82) is 0 Å². The number of nitrogen functional groups attached to an aromatic ring is 2. The summed E-state index contributed by atoms with van der Waals surface area (Å²) in [6, 6.07) is 18.0. The summed E-state index contributed by atoms with van der Waals surface area (Å²) < 4.78 is 51.0. The number of phosphoric ester groups is 1. The lowest BCUT2D eigenvalue weighted by atomic mass is 10.1. The molecule has 22 heteroatoms. The van der Waals surface area contributed by atoms with Crippen molar-refractivity contribution in [3.63, 3.8) is 0 Å². The fourth-order valence-corrected chi connectivity index (χ4v) is 7.15. The van der Waals surface area contributed by atoms with E-state index in [1.807, 2.05) is 30.3 Å². The fourth-order valence-electron chi connectivity index (χ4n) is 6.19. The highest BCUT2D eigenvalue weighted by Gasteiger charge is 2.52. The van der Waals surface area contributed by atoms with Gasteiger partial charge in [0.25, 0.3) is 5.56 Å². The Morgan fingerprint density at radius 1 is 0.833 bits per heavy atom. The highest BCUT2D eigenvalue weighted by Crippen LogP contribution is 2.50. The maximum absolute atomic E-state index is 13.6. The van der Waals surface area contributed by atoms with E-state index in [1.54, 1.807) is 30.3 Å². The van der Waals surface area contributed by atoms with Crippen LogP contribution in [0.5, 0.6) is 0 Å². The van der Waals surface area contributed by atoms with E-state index in [-0.39, 0.29) is 36.3 Å². The average Bonchev–Trinajstić information content (AvgIpc) is 3.82. The number of nitrogens with one attached hydrogen (secondary N) is 1. The summed E-state index contributed by atoms with van der Waals surface area (Å²) in [7, 11) is -5.09. The minimum atomic E-state index is -5.09. The second-order valence-corrected chi connectivity index (χ2v) is 13.7. The molecule has 3 aromatic heterocycles. The third-order valence-corrected chi connectivity index (χ3v) is 9.74. The van der Waals surface area contributed by atoms with E-state index in [0.717, 1.165) is 16.5 Å². The number of hydrogen-bond donors (Lipinski definition) is 6. The van der Waals surface area contributed by atoms with Crippen molar-refractivity contribution in [3.05, 3.63) is 105 Å². The number of nitrogens with two attached hydrogens (primary N) is 2. The standard InChI is InChI=1S/C32H36N9O12P/c33-30-36-16-41(32(45)39-30)29-25(49-13-18-9-5-2-6-10-18)23(19(11-42)51-29)53-54(46,47)50-14-20-22(43)24(48-12-17-7-3-1-4-8-17)28(52-20)40-15-35-21-26(40)37-31(34)38-27(21)44/h1-10,15-16,19-20,22-25,28-29,42-43H,11-14H2,(H,46,47)(H2,33,39,45)(H3,34,37,38,44)/t19-,20-,22-,23-,24-,25-,28-,29-/m1/s1. The number of nitrogens with zero attached hydrogens (tertiary/aromatic N) is 6. The number of hydrogen-bond acceptors (Lipinski definition) is 17. The number of H-pyrrole nitrogens is 1. The lowest BCUT2D eigenvalue weighted by Crippen LogP contribution is -2.40. The van der Waals surface area contributed by atoms with Gasteiger partial charge in [-0.05, 0) is 11.1 Å². The summed E-state index contributed by atoms with van der Waals surface area (Å²) in [5.74, 6) is -0.482. The van der Waals surface area contributed by atoms with E-state index in [0.29, 0.717) is 5.56 Å². The molecule has 1 unspecified atom stereocenters. The van der Waals surface area contributed by atoms with Crippen molar-refractivity contribution in [2.75, 3.05) is 24.7 Å². The van der Waals surface area contributed by atoms with Crippen molar-refractivity contribution in [3.8, 4) is 0 Å². The molecule has 2 saturated heterocycles. The third kappa shape index (κ3) is 7.95. The zero-order chi connectivity index (χ0) is 38.0. The summed E-state index contributed by atoms with van der Waals surface area (Å²) in [5.41, 5.74) is 11.4. The van der Waals surface area contributed by atoms with Gasteiger partial charge in [0.2, 0.25) is 11.9 Å². The van der Waals surface area contributed by atoms with Crippen LogP contribution in [-0.4, -0.2) is 99.0 Å². The first-order valence-electron chi connectivity index (χ1n) is 16.5. The second kappa shape index (κ2) is 15.8. The average molecular weight is 770 g/mol. The molecule has 2 aliphatic heterocycles. The number of ether oxygens (including phenoxy) is 4. The summed E-state index contributed by atoms with van der Waals surface area (Å²) in [5, 5.41) is 21.7. The molecule has 0 spiro atoms. The van der Waals surface area contributed by atoms with Gasteiger partial charge in [0, 0.05) is 0 Å². The van der Waals surface area contributed by atoms with E-state index < -0.39 is 81.4 Å². The molecule has 7 rings (SSSR count). The number of aromatic amines is 1. The number of fused-ring (bicyclic) bond motifs is 1. The number of aliphatic hydroxyl groups is 2. The SMILES string of the molecule is Nc1ncn([C@@H]2O[C@H](CO)[C@@H](OP(=O)(O)OC[C@H]3O[C@@H](n4cnc5c(=O)[nH]c(N)nc54)[C@H](OCc4ccccc4)[C@@H]3O)[C@H]2OCc2ccccc2)c(=O)n1. The molecule has 2 fully saturated rings. The molecule has 5 aromatic rings. The largest absolute Gasteiger partial charge is 0.472 e. The van der Waals surface area contributed by atoms with Gasteiger partial charge in [-0.25, -0.2) is 19.3 Å². The summed E-state index contributed by atoms with van der Waals surface area (Å²) >= 11 is 0. The summed E-state index contributed by atoms with van der Waals surface area (Å²) in [4.78, 5) is 54.4. The van der Waals surface area contributed by atoms with Gasteiger partial charge in [0.05, 0.1) is 32.8 Å². The number of phosphoric acid groups is 1. The topological polar surface area (TPSA) is 297 Å². The molecule has 2 aromatic carbocycles. The maximum Gasteiger partial charge on any atom is 0.472 e. The third-order valence-electron chi connectivity index (χ3n) is 8.75. The number of benzene rings is 2.